The van der Waals surface area contributed by atoms with Crippen LogP contribution in [0.25, 0.3) is 0 Å². The summed E-state index contributed by atoms with van der Waals surface area (Å²) in [6.07, 6.45) is 0.853. The zero-order valence-electron chi connectivity index (χ0n) is 19.4. The van der Waals surface area contributed by atoms with E-state index in [-0.39, 0.29) is 6.61 Å². The van der Waals surface area contributed by atoms with E-state index in [1.165, 1.54) is 5.56 Å². The minimum atomic E-state index is -0.964. The number of rotatable bonds is 9. The van der Waals surface area contributed by atoms with Crippen molar-refractivity contribution in [1.29, 1.82) is 0 Å². The summed E-state index contributed by atoms with van der Waals surface area (Å²) in [7, 11) is 0. The summed E-state index contributed by atoms with van der Waals surface area (Å²) in [5.41, 5.74) is 4.82. The Labute approximate surface area is 190 Å². The Morgan fingerprint density at radius 3 is 2.28 bits per heavy atom. The fourth-order valence-electron chi connectivity index (χ4n) is 2.72. The lowest BCUT2D eigenvalue weighted by molar-refractivity contribution is -0.124. The van der Waals surface area contributed by atoms with Crippen molar-refractivity contribution in [3.63, 3.8) is 0 Å². The fourth-order valence-corrected chi connectivity index (χ4v) is 2.72. The molecular weight excluding hydrogens is 406 g/mol. The maximum Gasteiger partial charge on any atom is 0.408 e. The van der Waals surface area contributed by atoms with E-state index in [0.29, 0.717) is 12.5 Å². The first-order valence-corrected chi connectivity index (χ1v) is 10.7. The molecule has 0 fully saturated rings. The van der Waals surface area contributed by atoms with Gasteiger partial charge in [0.05, 0.1) is 19.4 Å². The molecular formula is C25H33N3O4. The summed E-state index contributed by atoms with van der Waals surface area (Å²) in [5, 5.41) is 6.57. The number of hydrogen-bond acceptors (Lipinski definition) is 5. The van der Waals surface area contributed by atoms with Crippen LogP contribution in [0.15, 0.2) is 59.7 Å². The van der Waals surface area contributed by atoms with Crippen LogP contribution < -0.4 is 10.7 Å². The summed E-state index contributed by atoms with van der Waals surface area (Å²) in [4.78, 5) is 24.8. The van der Waals surface area contributed by atoms with E-state index >= 15 is 0 Å². The molecule has 0 radical (unpaired) electrons. The first-order chi connectivity index (χ1) is 15.1. The Balaban J connectivity index is 1.97. The van der Waals surface area contributed by atoms with Gasteiger partial charge in [0.15, 0.2) is 0 Å². The van der Waals surface area contributed by atoms with Gasteiger partial charge in [0.2, 0.25) is 0 Å². The molecule has 0 saturated carbocycles. The molecule has 2 N–H and O–H groups in total. The summed E-state index contributed by atoms with van der Waals surface area (Å²) in [6.45, 7) is 9.79. The van der Waals surface area contributed by atoms with Crippen molar-refractivity contribution in [1.82, 2.24) is 10.7 Å². The standard InChI is InChI=1S/C25H33N3O4/c1-18(2)21-13-11-19(12-14-21)15-26-28-23(29)22(27-24(30)32-25(3,4)5)17-31-16-20-9-7-6-8-10-20/h6-15,18,22H,16-17H2,1-5H3,(H,27,30)(H,28,29). The van der Waals surface area contributed by atoms with Gasteiger partial charge in [0.1, 0.15) is 11.6 Å². The second kappa shape index (κ2) is 12.0. The molecule has 0 aliphatic carbocycles. The number of hydrogen-bond donors (Lipinski definition) is 2. The lowest BCUT2D eigenvalue weighted by Gasteiger charge is -2.22. The zero-order chi connectivity index (χ0) is 23.6. The molecule has 32 heavy (non-hydrogen) atoms. The van der Waals surface area contributed by atoms with Crippen LogP contribution in [0.4, 0.5) is 4.79 Å². The molecule has 2 amide bonds. The number of benzene rings is 2. The summed E-state index contributed by atoms with van der Waals surface area (Å²) < 4.78 is 10.9. The Morgan fingerprint density at radius 2 is 1.69 bits per heavy atom. The van der Waals surface area contributed by atoms with Gasteiger partial charge < -0.3 is 14.8 Å². The quantitative estimate of drug-likeness (QED) is 0.449. The van der Waals surface area contributed by atoms with Crippen molar-refractivity contribution in [3.8, 4) is 0 Å². The Bertz CT molecular complexity index is 888. The van der Waals surface area contributed by atoms with Gasteiger partial charge in [-0.3, -0.25) is 4.79 Å². The van der Waals surface area contributed by atoms with Crippen molar-refractivity contribution in [2.24, 2.45) is 5.10 Å². The molecule has 2 aromatic rings. The Hall–Kier alpha value is -3.19. The minimum absolute atomic E-state index is 0.0292. The molecule has 0 bridgehead atoms. The third-order valence-corrected chi connectivity index (χ3v) is 4.40. The lowest BCUT2D eigenvalue weighted by Crippen LogP contribution is -2.49. The van der Waals surface area contributed by atoms with E-state index in [1.54, 1.807) is 27.0 Å². The number of alkyl carbamates (subject to hydrolysis) is 1. The summed E-state index contributed by atoms with van der Waals surface area (Å²) in [6, 6.07) is 16.5. The van der Waals surface area contributed by atoms with Gasteiger partial charge in [-0.1, -0.05) is 68.4 Å². The number of ether oxygens (including phenoxy) is 2. The SMILES string of the molecule is CC(C)c1ccc(C=NNC(=O)C(COCc2ccccc2)NC(=O)OC(C)(C)C)cc1. The Kier molecular flexibility index (Phi) is 9.40. The monoisotopic (exact) mass is 439 g/mol. The maximum atomic E-state index is 12.6. The van der Waals surface area contributed by atoms with Crippen LogP contribution in [0.2, 0.25) is 0 Å². The van der Waals surface area contributed by atoms with E-state index in [4.69, 9.17) is 9.47 Å². The van der Waals surface area contributed by atoms with Crippen LogP contribution in [0, 0.1) is 0 Å². The number of nitrogens with one attached hydrogen (secondary N) is 2. The normalized spacial score (nSPS) is 12.6. The average Bonchev–Trinajstić information content (AvgIpc) is 2.72. The number of hydrazone groups is 1. The molecule has 2 aromatic carbocycles. The third-order valence-electron chi connectivity index (χ3n) is 4.40. The Morgan fingerprint density at radius 1 is 1.03 bits per heavy atom. The van der Waals surface area contributed by atoms with Crippen LogP contribution in [0.3, 0.4) is 0 Å². The molecule has 0 heterocycles. The number of carbonyl (C=O) groups excluding carboxylic acids is 2. The zero-order valence-corrected chi connectivity index (χ0v) is 19.4. The van der Waals surface area contributed by atoms with Gasteiger partial charge in [-0.15, -0.1) is 0 Å². The van der Waals surface area contributed by atoms with Gasteiger partial charge in [-0.2, -0.15) is 5.10 Å². The molecule has 7 nitrogen and oxygen atoms in total. The minimum Gasteiger partial charge on any atom is -0.444 e. The summed E-state index contributed by atoms with van der Waals surface area (Å²) in [5.74, 6) is -0.0600. The molecule has 2 rings (SSSR count). The van der Waals surface area contributed by atoms with Crippen LogP contribution in [0.1, 0.15) is 57.2 Å². The lowest BCUT2D eigenvalue weighted by atomic mass is 10.0. The van der Waals surface area contributed by atoms with E-state index in [0.717, 1.165) is 11.1 Å². The molecule has 0 saturated heterocycles. The number of carbonyl (C=O) groups is 2. The van der Waals surface area contributed by atoms with Gasteiger partial charge in [0.25, 0.3) is 5.91 Å². The molecule has 0 aromatic heterocycles. The van der Waals surface area contributed by atoms with E-state index in [9.17, 15) is 9.59 Å². The van der Waals surface area contributed by atoms with Crippen LogP contribution in [-0.4, -0.2) is 36.5 Å². The fraction of sp³-hybridized carbons (Fsp3) is 0.400. The first-order valence-electron chi connectivity index (χ1n) is 10.7. The van der Waals surface area contributed by atoms with Gasteiger partial charge in [0, 0.05) is 0 Å². The first kappa shape index (κ1) is 25.1. The van der Waals surface area contributed by atoms with Crippen molar-refractivity contribution in [2.75, 3.05) is 6.61 Å². The molecule has 172 valence electrons. The van der Waals surface area contributed by atoms with Crippen molar-refractivity contribution in [2.45, 2.75) is 58.8 Å². The van der Waals surface area contributed by atoms with Crippen LogP contribution in [-0.2, 0) is 20.9 Å². The van der Waals surface area contributed by atoms with E-state index in [2.05, 4.69) is 29.7 Å². The molecule has 7 heteroatoms. The highest BCUT2D eigenvalue weighted by Crippen LogP contribution is 2.14. The van der Waals surface area contributed by atoms with Gasteiger partial charge >= 0.3 is 6.09 Å². The molecule has 0 aliphatic heterocycles. The van der Waals surface area contributed by atoms with E-state index < -0.39 is 23.6 Å². The van der Waals surface area contributed by atoms with Crippen molar-refractivity contribution < 1.29 is 19.1 Å². The second-order valence-corrected chi connectivity index (χ2v) is 8.76. The highest BCUT2D eigenvalue weighted by atomic mass is 16.6. The molecule has 1 atom stereocenters. The average molecular weight is 440 g/mol. The predicted octanol–water partition coefficient (Wildman–Crippen LogP) is 4.37. The summed E-state index contributed by atoms with van der Waals surface area (Å²) >= 11 is 0. The van der Waals surface area contributed by atoms with Gasteiger partial charge in [-0.25, -0.2) is 10.2 Å². The molecule has 0 spiro atoms. The highest BCUT2D eigenvalue weighted by molar-refractivity contribution is 5.87. The van der Waals surface area contributed by atoms with Crippen LogP contribution >= 0.6 is 0 Å². The van der Waals surface area contributed by atoms with Crippen LogP contribution in [0.5, 0.6) is 0 Å². The highest BCUT2D eigenvalue weighted by Gasteiger charge is 2.24. The largest absolute Gasteiger partial charge is 0.444 e. The second-order valence-electron chi connectivity index (χ2n) is 8.76. The third kappa shape index (κ3) is 9.31. The van der Waals surface area contributed by atoms with Gasteiger partial charge in [-0.05, 0) is 43.4 Å². The molecule has 1 unspecified atom stereocenters. The number of nitrogens with zero attached hydrogens (tertiary/aromatic N) is 1. The number of amides is 2. The molecule has 0 aliphatic rings. The van der Waals surface area contributed by atoms with Crippen molar-refractivity contribution in [3.05, 3.63) is 71.3 Å². The topological polar surface area (TPSA) is 89.0 Å². The maximum absolute atomic E-state index is 12.6. The smallest absolute Gasteiger partial charge is 0.408 e. The van der Waals surface area contributed by atoms with Crippen molar-refractivity contribution >= 4 is 18.2 Å². The van der Waals surface area contributed by atoms with E-state index in [1.807, 2.05) is 54.6 Å². The predicted molar refractivity (Wildman–Crippen MR) is 126 cm³/mol.